The van der Waals surface area contributed by atoms with Crippen LogP contribution in [-0.2, 0) is 6.54 Å². The lowest BCUT2D eigenvalue weighted by Crippen LogP contribution is -2.35. The number of nitrogens with zero attached hydrogens (tertiary/aromatic N) is 3. The van der Waals surface area contributed by atoms with Crippen molar-refractivity contribution in [1.82, 2.24) is 14.9 Å². The third-order valence-electron chi connectivity index (χ3n) is 3.37. The van der Waals surface area contributed by atoms with Crippen molar-refractivity contribution in [2.24, 2.45) is 5.92 Å². The van der Waals surface area contributed by atoms with E-state index >= 15 is 0 Å². The molecule has 0 spiro atoms. The number of aliphatic hydroxyl groups excluding tert-OH is 1. The average molecular weight is 270 g/mol. The maximum absolute atomic E-state index is 9.01. The molecule has 0 aromatic carbocycles. The van der Waals surface area contributed by atoms with Crippen molar-refractivity contribution in [1.29, 1.82) is 0 Å². The fourth-order valence-electron chi connectivity index (χ4n) is 2.57. The number of likely N-dealkylation sites (tertiary alicyclic amines) is 1. The summed E-state index contributed by atoms with van der Waals surface area (Å²) in [6, 6.07) is 1.77. The molecule has 2 heterocycles. The predicted octanol–water partition coefficient (Wildman–Crippen LogP) is 2.03. The molecule has 0 amide bonds. The van der Waals surface area contributed by atoms with E-state index in [0.717, 1.165) is 37.6 Å². The van der Waals surface area contributed by atoms with Gasteiger partial charge in [0.2, 0.25) is 0 Å². The molecule has 2 rings (SSSR count). The lowest BCUT2D eigenvalue weighted by Gasteiger charge is -2.31. The Morgan fingerprint density at radius 3 is 3.06 bits per heavy atom. The summed E-state index contributed by atoms with van der Waals surface area (Å²) in [5, 5.41) is 9.52. The molecule has 1 unspecified atom stereocenters. The van der Waals surface area contributed by atoms with E-state index in [1.807, 2.05) is 6.92 Å². The summed E-state index contributed by atoms with van der Waals surface area (Å²) in [5.41, 5.74) is 0.911. The minimum absolute atomic E-state index is 0.283. The second-order valence-electron chi connectivity index (χ2n) is 5.00. The molecule has 1 N–H and O–H groups in total. The molecule has 5 heteroatoms. The predicted molar refractivity (Wildman–Crippen MR) is 71.5 cm³/mol. The van der Waals surface area contributed by atoms with Gasteiger partial charge in [-0.25, -0.2) is 9.97 Å². The molecule has 4 nitrogen and oxygen atoms in total. The highest BCUT2D eigenvalue weighted by Gasteiger charge is 2.20. The first kappa shape index (κ1) is 13.7. The van der Waals surface area contributed by atoms with Gasteiger partial charge >= 0.3 is 0 Å². The van der Waals surface area contributed by atoms with E-state index in [0.29, 0.717) is 11.1 Å². The molecule has 1 saturated heterocycles. The van der Waals surface area contributed by atoms with Crippen LogP contribution in [0.1, 0.15) is 30.8 Å². The second kappa shape index (κ2) is 6.45. The maximum atomic E-state index is 9.01. The quantitative estimate of drug-likeness (QED) is 0.850. The summed E-state index contributed by atoms with van der Waals surface area (Å²) in [7, 11) is 0. The van der Waals surface area contributed by atoms with Crippen molar-refractivity contribution in [3.8, 4) is 0 Å². The monoisotopic (exact) mass is 269 g/mol. The van der Waals surface area contributed by atoms with Gasteiger partial charge in [0, 0.05) is 18.8 Å². The Balaban J connectivity index is 1.95. The molecular weight excluding hydrogens is 250 g/mol. The van der Waals surface area contributed by atoms with E-state index in [1.54, 1.807) is 6.07 Å². The summed E-state index contributed by atoms with van der Waals surface area (Å²) in [4.78, 5) is 11.0. The zero-order valence-corrected chi connectivity index (χ0v) is 11.5. The number of halogens is 1. The molecule has 18 heavy (non-hydrogen) atoms. The second-order valence-corrected chi connectivity index (χ2v) is 5.39. The normalized spacial score (nSPS) is 21.2. The van der Waals surface area contributed by atoms with Crippen LogP contribution >= 0.6 is 11.6 Å². The first-order chi connectivity index (χ1) is 8.67. The largest absolute Gasteiger partial charge is 0.396 e. The highest BCUT2D eigenvalue weighted by Crippen LogP contribution is 2.20. The molecule has 1 aliphatic rings. The third kappa shape index (κ3) is 3.90. The van der Waals surface area contributed by atoms with Gasteiger partial charge in [-0.3, -0.25) is 4.90 Å². The SMILES string of the molecule is Cc1cc(Cl)nc(CN2CCCC(CCO)C2)n1. The molecule has 1 aromatic rings. The van der Waals surface area contributed by atoms with Crippen LogP contribution in [0.4, 0.5) is 0 Å². The van der Waals surface area contributed by atoms with E-state index in [4.69, 9.17) is 16.7 Å². The zero-order valence-electron chi connectivity index (χ0n) is 10.8. The molecule has 1 aromatic heterocycles. The van der Waals surface area contributed by atoms with Gasteiger partial charge in [-0.2, -0.15) is 0 Å². The highest BCUT2D eigenvalue weighted by molar-refractivity contribution is 6.29. The number of piperidine rings is 1. The lowest BCUT2D eigenvalue weighted by atomic mass is 9.95. The summed E-state index contributed by atoms with van der Waals surface area (Å²) < 4.78 is 0. The van der Waals surface area contributed by atoms with Crippen molar-refractivity contribution < 1.29 is 5.11 Å². The molecule has 1 atom stereocenters. The number of aromatic nitrogens is 2. The van der Waals surface area contributed by atoms with Gasteiger partial charge in [0.25, 0.3) is 0 Å². The minimum atomic E-state index is 0.283. The van der Waals surface area contributed by atoms with Crippen molar-refractivity contribution in [3.05, 3.63) is 22.7 Å². The van der Waals surface area contributed by atoms with Crippen LogP contribution in [0.25, 0.3) is 0 Å². The molecule has 0 radical (unpaired) electrons. The van der Waals surface area contributed by atoms with Crippen LogP contribution in [0.3, 0.4) is 0 Å². The molecular formula is C13H20ClN3O. The standard InChI is InChI=1S/C13H20ClN3O/c1-10-7-12(14)16-13(15-10)9-17-5-2-3-11(8-17)4-6-18/h7,11,18H,2-6,8-9H2,1H3. The van der Waals surface area contributed by atoms with Crippen molar-refractivity contribution in [2.75, 3.05) is 19.7 Å². The van der Waals surface area contributed by atoms with Crippen LogP contribution in [0.15, 0.2) is 6.07 Å². The highest BCUT2D eigenvalue weighted by atomic mass is 35.5. The summed E-state index contributed by atoms with van der Waals surface area (Å²) in [6.07, 6.45) is 3.29. The molecule has 0 bridgehead atoms. The Bertz CT molecular complexity index is 378. The number of aryl methyl sites for hydroxylation is 1. The Hall–Kier alpha value is -0.710. The third-order valence-corrected chi connectivity index (χ3v) is 3.57. The van der Waals surface area contributed by atoms with E-state index in [1.165, 1.54) is 12.8 Å². The Morgan fingerprint density at radius 1 is 1.50 bits per heavy atom. The topological polar surface area (TPSA) is 49.2 Å². The van der Waals surface area contributed by atoms with Crippen molar-refractivity contribution in [3.63, 3.8) is 0 Å². The van der Waals surface area contributed by atoms with E-state index in [2.05, 4.69) is 14.9 Å². The summed E-state index contributed by atoms with van der Waals surface area (Å²) >= 11 is 5.94. The molecule has 1 aliphatic heterocycles. The van der Waals surface area contributed by atoms with Gasteiger partial charge in [-0.1, -0.05) is 11.6 Å². The molecule has 0 aliphatic carbocycles. The fraction of sp³-hybridized carbons (Fsp3) is 0.692. The van der Waals surface area contributed by atoms with Crippen LogP contribution in [0, 0.1) is 12.8 Å². The van der Waals surface area contributed by atoms with Crippen LogP contribution in [0.2, 0.25) is 5.15 Å². The fourth-order valence-corrected chi connectivity index (χ4v) is 2.83. The number of aliphatic hydroxyl groups is 1. The summed E-state index contributed by atoms with van der Waals surface area (Å²) in [6.45, 7) is 5.07. The van der Waals surface area contributed by atoms with Crippen LogP contribution in [-0.4, -0.2) is 39.7 Å². The molecule has 1 fully saturated rings. The van der Waals surface area contributed by atoms with Crippen LogP contribution < -0.4 is 0 Å². The molecule has 100 valence electrons. The molecule has 0 saturated carbocycles. The van der Waals surface area contributed by atoms with Crippen molar-refractivity contribution in [2.45, 2.75) is 32.7 Å². The minimum Gasteiger partial charge on any atom is -0.396 e. The maximum Gasteiger partial charge on any atom is 0.144 e. The average Bonchev–Trinajstić information content (AvgIpc) is 2.28. The zero-order chi connectivity index (χ0) is 13.0. The smallest absolute Gasteiger partial charge is 0.144 e. The van der Waals surface area contributed by atoms with E-state index < -0.39 is 0 Å². The Labute approximate surface area is 113 Å². The first-order valence-electron chi connectivity index (χ1n) is 6.50. The van der Waals surface area contributed by atoms with Gasteiger partial charge in [-0.05, 0) is 44.7 Å². The van der Waals surface area contributed by atoms with E-state index in [9.17, 15) is 0 Å². The summed E-state index contributed by atoms with van der Waals surface area (Å²) in [5.74, 6) is 1.40. The van der Waals surface area contributed by atoms with E-state index in [-0.39, 0.29) is 6.61 Å². The van der Waals surface area contributed by atoms with Crippen LogP contribution in [0.5, 0.6) is 0 Å². The van der Waals surface area contributed by atoms with Crippen molar-refractivity contribution >= 4 is 11.6 Å². The van der Waals surface area contributed by atoms with Gasteiger partial charge in [-0.15, -0.1) is 0 Å². The first-order valence-corrected chi connectivity index (χ1v) is 6.88. The number of hydrogen-bond acceptors (Lipinski definition) is 4. The van der Waals surface area contributed by atoms with Gasteiger partial charge in [0.05, 0.1) is 6.54 Å². The Morgan fingerprint density at radius 2 is 2.33 bits per heavy atom. The lowest BCUT2D eigenvalue weighted by molar-refractivity contribution is 0.140. The number of hydrogen-bond donors (Lipinski definition) is 1. The Kier molecular flexibility index (Phi) is 4.92. The van der Waals surface area contributed by atoms with Gasteiger partial charge < -0.3 is 5.11 Å². The number of rotatable bonds is 4. The van der Waals surface area contributed by atoms with Gasteiger partial charge in [0.15, 0.2) is 0 Å². The van der Waals surface area contributed by atoms with Gasteiger partial charge in [0.1, 0.15) is 11.0 Å².